The number of rotatable bonds is 2. The molecule has 2 aliphatic rings. The van der Waals surface area contributed by atoms with E-state index in [1.807, 2.05) is 11.9 Å². The smallest absolute Gasteiger partial charge is 0.319 e. The fourth-order valence-electron chi connectivity index (χ4n) is 3.29. The van der Waals surface area contributed by atoms with E-state index in [9.17, 15) is 4.79 Å². The van der Waals surface area contributed by atoms with Crippen LogP contribution < -0.4 is 0 Å². The molecule has 1 atom stereocenters. The quantitative estimate of drug-likeness (QED) is 0.767. The zero-order valence-corrected chi connectivity index (χ0v) is 13.1. The molecule has 19 heavy (non-hydrogen) atoms. The van der Waals surface area contributed by atoms with E-state index in [0.29, 0.717) is 11.5 Å². The largest absolute Gasteiger partial charge is 0.325 e. The molecule has 2 rings (SSSR count). The number of carbonyl (C=O) groups is 1. The molecule has 2 fully saturated rings. The van der Waals surface area contributed by atoms with Crippen LogP contribution in [0, 0.1) is 5.41 Å². The predicted octanol–water partition coefficient (Wildman–Crippen LogP) is 2.25. The molecule has 2 saturated heterocycles. The third kappa shape index (κ3) is 2.88. The molecule has 0 aliphatic carbocycles. The number of urea groups is 1. The summed E-state index contributed by atoms with van der Waals surface area (Å²) in [7, 11) is 1.91. The van der Waals surface area contributed by atoms with Crippen molar-refractivity contribution in [3.05, 3.63) is 0 Å². The number of amides is 2. The van der Waals surface area contributed by atoms with E-state index in [-0.39, 0.29) is 12.1 Å². The van der Waals surface area contributed by atoms with Crippen LogP contribution >= 0.6 is 0 Å². The zero-order valence-electron chi connectivity index (χ0n) is 13.1. The van der Waals surface area contributed by atoms with Crippen LogP contribution in [-0.4, -0.2) is 66.0 Å². The van der Waals surface area contributed by atoms with Crippen LogP contribution in [-0.2, 0) is 0 Å². The van der Waals surface area contributed by atoms with Gasteiger partial charge >= 0.3 is 6.03 Å². The minimum absolute atomic E-state index is 0.204. The van der Waals surface area contributed by atoms with E-state index in [1.54, 1.807) is 0 Å². The number of hydrogen-bond donors (Lipinski definition) is 0. The summed E-state index contributed by atoms with van der Waals surface area (Å²) in [6, 6.07) is 1.11. The first-order valence-corrected chi connectivity index (χ1v) is 7.60. The third-order valence-electron chi connectivity index (χ3n) is 4.98. The van der Waals surface area contributed by atoms with Crippen LogP contribution in [0.1, 0.15) is 40.5 Å². The van der Waals surface area contributed by atoms with Gasteiger partial charge in [-0.05, 0) is 47.1 Å². The fraction of sp³-hybridized carbons (Fsp3) is 0.933. The van der Waals surface area contributed by atoms with Gasteiger partial charge < -0.3 is 14.7 Å². The molecule has 1 unspecified atom stereocenters. The average Bonchev–Trinajstić information content (AvgIpc) is 2.96. The summed E-state index contributed by atoms with van der Waals surface area (Å²) in [5, 5.41) is 0. The van der Waals surface area contributed by atoms with Gasteiger partial charge in [0.05, 0.1) is 0 Å². The molecular weight excluding hydrogens is 238 g/mol. The van der Waals surface area contributed by atoms with Gasteiger partial charge in [0, 0.05) is 44.2 Å². The molecule has 4 heteroatoms. The van der Waals surface area contributed by atoms with E-state index in [1.165, 1.54) is 25.9 Å². The maximum absolute atomic E-state index is 12.4. The van der Waals surface area contributed by atoms with Crippen LogP contribution in [0.25, 0.3) is 0 Å². The highest BCUT2D eigenvalue weighted by Crippen LogP contribution is 2.40. The molecule has 2 amide bonds. The number of hydrogen-bond acceptors (Lipinski definition) is 2. The van der Waals surface area contributed by atoms with Crippen LogP contribution in [0.4, 0.5) is 4.79 Å². The minimum Gasteiger partial charge on any atom is -0.325 e. The van der Waals surface area contributed by atoms with E-state index in [4.69, 9.17) is 0 Å². The number of nitrogens with zero attached hydrogens (tertiary/aromatic N) is 3. The highest BCUT2D eigenvalue weighted by atomic mass is 16.2. The summed E-state index contributed by atoms with van der Waals surface area (Å²) >= 11 is 0. The summed E-state index contributed by atoms with van der Waals surface area (Å²) in [5.74, 6) is 0. The Hall–Kier alpha value is -0.770. The minimum atomic E-state index is 0.204. The molecular formula is C15H29N3O. The SMILES string of the molecule is CC(C)N1CCC2(CCN(C(=O)N(C)C(C)C)C2)C1. The molecule has 0 aromatic rings. The van der Waals surface area contributed by atoms with Gasteiger partial charge in [0.1, 0.15) is 0 Å². The molecule has 0 radical (unpaired) electrons. The van der Waals surface area contributed by atoms with Gasteiger partial charge in [-0.2, -0.15) is 0 Å². The van der Waals surface area contributed by atoms with Gasteiger partial charge in [-0.25, -0.2) is 4.79 Å². The van der Waals surface area contributed by atoms with Gasteiger partial charge in [-0.15, -0.1) is 0 Å². The van der Waals surface area contributed by atoms with Crippen molar-refractivity contribution >= 4 is 6.03 Å². The summed E-state index contributed by atoms with van der Waals surface area (Å²) < 4.78 is 0. The van der Waals surface area contributed by atoms with Crippen molar-refractivity contribution in [1.29, 1.82) is 0 Å². The van der Waals surface area contributed by atoms with Crippen molar-refractivity contribution in [3.8, 4) is 0 Å². The molecule has 110 valence electrons. The number of likely N-dealkylation sites (tertiary alicyclic amines) is 2. The standard InChI is InChI=1S/C15H29N3O/c1-12(2)16(5)14(19)18-9-7-15(11-18)6-8-17(10-15)13(3)4/h12-13H,6-11H2,1-5H3. The second kappa shape index (κ2) is 5.31. The second-order valence-corrected chi connectivity index (χ2v) is 6.97. The predicted molar refractivity (Wildman–Crippen MR) is 78.2 cm³/mol. The lowest BCUT2D eigenvalue weighted by molar-refractivity contribution is 0.154. The fourth-order valence-corrected chi connectivity index (χ4v) is 3.29. The molecule has 0 N–H and O–H groups in total. The van der Waals surface area contributed by atoms with Crippen LogP contribution in [0.5, 0.6) is 0 Å². The molecule has 0 bridgehead atoms. The molecule has 1 spiro atoms. The van der Waals surface area contributed by atoms with Gasteiger partial charge in [-0.3, -0.25) is 0 Å². The first kappa shape index (κ1) is 14.6. The molecule has 0 saturated carbocycles. The van der Waals surface area contributed by atoms with Crippen LogP contribution in [0.15, 0.2) is 0 Å². The van der Waals surface area contributed by atoms with Crippen molar-refractivity contribution in [1.82, 2.24) is 14.7 Å². The molecule has 0 aromatic heterocycles. The second-order valence-electron chi connectivity index (χ2n) is 6.97. The van der Waals surface area contributed by atoms with Crippen molar-refractivity contribution in [2.75, 3.05) is 33.2 Å². The Balaban J connectivity index is 1.95. The first-order valence-electron chi connectivity index (χ1n) is 7.60. The lowest BCUT2D eigenvalue weighted by Crippen LogP contribution is -2.44. The summed E-state index contributed by atoms with van der Waals surface area (Å²) in [4.78, 5) is 18.9. The Kier molecular flexibility index (Phi) is 4.09. The summed E-state index contributed by atoms with van der Waals surface area (Å²) in [6.07, 6.45) is 2.42. The van der Waals surface area contributed by atoms with Crippen molar-refractivity contribution in [3.63, 3.8) is 0 Å². The third-order valence-corrected chi connectivity index (χ3v) is 4.98. The topological polar surface area (TPSA) is 26.8 Å². The van der Waals surface area contributed by atoms with E-state index in [2.05, 4.69) is 37.5 Å². The van der Waals surface area contributed by atoms with Gasteiger partial charge in [-0.1, -0.05) is 0 Å². The Morgan fingerprint density at radius 2 is 1.74 bits per heavy atom. The van der Waals surface area contributed by atoms with E-state index in [0.717, 1.165) is 13.1 Å². The van der Waals surface area contributed by atoms with Gasteiger partial charge in [0.15, 0.2) is 0 Å². The molecule has 2 aliphatic heterocycles. The highest BCUT2D eigenvalue weighted by molar-refractivity contribution is 5.74. The Bertz CT molecular complexity index is 342. The highest BCUT2D eigenvalue weighted by Gasteiger charge is 2.45. The van der Waals surface area contributed by atoms with Crippen molar-refractivity contribution < 1.29 is 4.79 Å². The van der Waals surface area contributed by atoms with Gasteiger partial charge in [0.25, 0.3) is 0 Å². The van der Waals surface area contributed by atoms with Gasteiger partial charge in [0.2, 0.25) is 0 Å². The number of carbonyl (C=O) groups excluding carboxylic acids is 1. The normalized spacial score (nSPS) is 28.1. The lowest BCUT2D eigenvalue weighted by atomic mass is 9.86. The summed E-state index contributed by atoms with van der Waals surface area (Å²) in [6.45, 7) is 12.9. The van der Waals surface area contributed by atoms with E-state index >= 15 is 0 Å². The molecule has 4 nitrogen and oxygen atoms in total. The maximum Gasteiger partial charge on any atom is 0.319 e. The maximum atomic E-state index is 12.4. The van der Waals surface area contributed by atoms with Crippen LogP contribution in [0.2, 0.25) is 0 Å². The Morgan fingerprint density at radius 3 is 2.26 bits per heavy atom. The Labute approximate surface area is 117 Å². The van der Waals surface area contributed by atoms with Crippen molar-refractivity contribution in [2.24, 2.45) is 5.41 Å². The van der Waals surface area contributed by atoms with E-state index < -0.39 is 0 Å². The zero-order chi connectivity index (χ0) is 14.2. The monoisotopic (exact) mass is 267 g/mol. The average molecular weight is 267 g/mol. The molecule has 2 heterocycles. The Morgan fingerprint density at radius 1 is 1.11 bits per heavy atom. The first-order chi connectivity index (χ1) is 8.84. The summed E-state index contributed by atoms with van der Waals surface area (Å²) in [5.41, 5.74) is 0.373. The van der Waals surface area contributed by atoms with Crippen LogP contribution in [0.3, 0.4) is 0 Å². The molecule has 0 aromatic carbocycles. The lowest BCUT2D eigenvalue weighted by Gasteiger charge is -2.30. The van der Waals surface area contributed by atoms with Crippen molar-refractivity contribution in [2.45, 2.75) is 52.6 Å².